The van der Waals surface area contributed by atoms with E-state index in [0.717, 1.165) is 38.5 Å². The lowest BCUT2D eigenvalue weighted by atomic mass is 10.0. The molecule has 0 aromatic heterocycles. The molecule has 0 fully saturated rings. The van der Waals surface area contributed by atoms with Crippen molar-refractivity contribution in [3.05, 3.63) is 24.3 Å². The first-order valence-corrected chi connectivity index (χ1v) is 22.3. The van der Waals surface area contributed by atoms with E-state index < -0.39 is 5.97 Å². The summed E-state index contributed by atoms with van der Waals surface area (Å²) in [4.78, 5) is 22.7. The lowest BCUT2D eigenvalue weighted by Gasteiger charge is -2.13. The molecular formula is C46H86O4. The average Bonchev–Trinajstić information content (AvgIpc) is 3.09. The van der Waals surface area contributed by atoms with Gasteiger partial charge in [-0.25, -0.2) is 0 Å². The number of carbonyl (C=O) groups excluding carboxylic acids is 1. The molecule has 0 heterocycles. The van der Waals surface area contributed by atoms with Gasteiger partial charge in [-0.2, -0.15) is 0 Å². The van der Waals surface area contributed by atoms with Gasteiger partial charge in [0.2, 0.25) is 0 Å². The summed E-state index contributed by atoms with van der Waals surface area (Å²) in [6.07, 6.45) is 54.9. The maximum Gasteiger partial charge on any atom is 0.306 e. The van der Waals surface area contributed by atoms with Gasteiger partial charge in [0.1, 0.15) is 0 Å². The number of ether oxygens (including phenoxy) is 1. The fraction of sp³-hybridized carbons (Fsp3) is 0.870. The summed E-state index contributed by atoms with van der Waals surface area (Å²) < 4.78 is 5.67. The zero-order valence-electron chi connectivity index (χ0n) is 33.7. The van der Waals surface area contributed by atoms with E-state index >= 15 is 0 Å². The van der Waals surface area contributed by atoms with Crippen molar-refractivity contribution in [1.82, 2.24) is 0 Å². The number of rotatable bonds is 41. The number of hydrogen-bond acceptors (Lipinski definition) is 3. The largest absolute Gasteiger partial charge is 0.481 e. The number of aliphatic carboxylic acids is 1. The van der Waals surface area contributed by atoms with Crippen molar-refractivity contribution in [3.63, 3.8) is 0 Å². The van der Waals surface area contributed by atoms with Crippen LogP contribution in [-0.4, -0.2) is 23.1 Å². The smallest absolute Gasteiger partial charge is 0.306 e. The van der Waals surface area contributed by atoms with Crippen LogP contribution in [0.4, 0.5) is 0 Å². The highest BCUT2D eigenvalue weighted by molar-refractivity contribution is 5.69. The second kappa shape index (κ2) is 41.8. The minimum absolute atomic E-state index is 0.00726. The predicted molar refractivity (Wildman–Crippen MR) is 218 cm³/mol. The zero-order chi connectivity index (χ0) is 36.4. The minimum atomic E-state index is -0.660. The predicted octanol–water partition coefficient (Wildman–Crippen LogP) is 15.6. The lowest BCUT2D eigenvalue weighted by Crippen LogP contribution is -2.14. The van der Waals surface area contributed by atoms with Crippen LogP contribution in [0.15, 0.2) is 24.3 Å². The van der Waals surface area contributed by atoms with Gasteiger partial charge in [0.15, 0.2) is 0 Å². The highest BCUT2D eigenvalue weighted by Crippen LogP contribution is 2.17. The molecular weight excluding hydrogens is 617 g/mol. The maximum absolute atomic E-state index is 12.2. The van der Waals surface area contributed by atoms with Gasteiger partial charge in [-0.1, -0.05) is 198 Å². The van der Waals surface area contributed by atoms with Crippen molar-refractivity contribution in [2.75, 3.05) is 0 Å². The van der Waals surface area contributed by atoms with Gasteiger partial charge in [-0.15, -0.1) is 0 Å². The van der Waals surface area contributed by atoms with Gasteiger partial charge < -0.3 is 9.84 Å². The number of unbranched alkanes of at least 4 members (excludes halogenated alkanes) is 30. The monoisotopic (exact) mass is 703 g/mol. The van der Waals surface area contributed by atoms with Crippen molar-refractivity contribution in [2.24, 2.45) is 0 Å². The Morgan fingerprint density at radius 2 is 0.800 bits per heavy atom. The molecule has 0 rings (SSSR count). The van der Waals surface area contributed by atoms with Gasteiger partial charge in [-0.05, 0) is 64.7 Å². The number of carboxylic acid groups (broad SMARTS) is 1. The molecule has 1 N–H and O–H groups in total. The summed E-state index contributed by atoms with van der Waals surface area (Å²) in [5.74, 6) is -0.652. The summed E-state index contributed by atoms with van der Waals surface area (Å²) in [7, 11) is 0. The number of carbonyl (C=O) groups is 2. The normalized spacial score (nSPS) is 12.4. The fourth-order valence-electron chi connectivity index (χ4n) is 6.84. The van der Waals surface area contributed by atoms with Crippen molar-refractivity contribution in [2.45, 2.75) is 258 Å². The molecule has 50 heavy (non-hydrogen) atoms. The molecule has 0 aromatic carbocycles. The first-order chi connectivity index (χ1) is 24.6. The number of hydrogen-bond donors (Lipinski definition) is 1. The Labute approximate surface area is 312 Å². The lowest BCUT2D eigenvalue weighted by molar-refractivity contribution is -0.148. The molecule has 0 saturated heterocycles. The molecule has 4 heteroatoms. The first kappa shape index (κ1) is 48.4. The molecule has 1 atom stereocenters. The van der Waals surface area contributed by atoms with Crippen molar-refractivity contribution in [1.29, 1.82) is 0 Å². The van der Waals surface area contributed by atoms with E-state index in [1.165, 1.54) is 186 Å². The molecule has 4 nitrogen and oxygen atoms in total. The molecule has 294 valence electrons. The van der Waals surface area contributed by atoms with Crippen molar-refractivity contribution in [3.8, 4) is 0 Å². The molecule has 0 bridgehead atoms. The van der Waals surface area contributed by atoms with E-state index in [4.69, 9.17) is 9.84 Å². The van der Waals surface area contributed by atoms with Crippen LogP contribution in [0, 0.1) is 0 Å². The van der Waals surface area contributed by atoms with Crippen molar-refractivity contribution < 1.29 is 19.4 Å². The Morgan fingerprint density at radius 1 is 0.460 bits per heavy atom. The van der Waals surface area contributed by atoms with E-state index in [2.05, 4.69) is 38.2 Å². The number of carboxylic acids is 1. The topological polar surface area (TPSA) is 63.6 Å². The van der Waals surface area contributed by atoms with E-state index in [9.17, 15) is 9.59 Å². The summed E-state index contributed by atoms with van der Waals surface area (Å²) in [6, 6.07) is 0. The molecule has 0 aliphatic rings. The van der Waals surface area contributed by atoms with E-state index in [0.29, 0.717) is 12.8 Å². The third-order valence-corrected chi connectivity index (χ3v) is 10.2. The fourth-order valence-corrected chi connectivity index (χ4v) is 6.84. The van der Waals surface area contributed by atoms with Crippen LogP contribution in [0.2, 0.25) is 0 Å². The van der Waals surface area contributed by atoms with Gasteiger partial charge in [0.05, 0.1) is 6.10 Å². The third-order valence-electron chi connectivity index (χ3n) is 10.2. The third kappa shape index (κ3) is 42.6. The molecule has 0 saturated carbocycles. The first-order valence-electron chi connectivity index (χ1n) is 22.3. The zero-order valence-corrected chi connectivity index (χ0v) is 33.7. The second-order valence-electron chi connectivity index (χ2n) is 15.3. The van der Waals surface area contributed by atoms with Crippen LogP contribution in [0.1, 0.15) is 251 Å². The maximum atomic E-state index is 12.2. The molecule has 1 unspecified atom stereocenters. The molecule has 0 spiro atoms. The molecule has 0 aliphatic carbocycles. The second-order valence-corrected chi connectivity index (χ2v) is 15.3. The average molecular weight is 703 g/mol. The summed E-state index contributed by atoms with van der Waals surface area (Å²) in [5, 5.41) is 8.66. The van der Waals surface area contributed by atoms with Crippen molar-refractivity contribution >= 4 is 11.9 Å². The van der Waals surface area contributed by atoms with Crippen LogP contribution < -0.4 is 0 Å². The van der Waals surface area contributed by atoms with Gasteiger partial charge in [0, 0.05) is 12.8 Å². The van der Waals surface area contributed by atoms with E-state index in [1.807, 2.05) is 0 Å². The Morgan fingerprint density at radius 3 is 1.20 bits per heavy atom. The Bertz CT molecular complexity index is 757. The summed E-state index contributed by atoms with van der Waals surface area (Å²) >= 11 is 0. The molecule has 0 aromatic rings. The van der Waals surface area contributed by atoms with Crippen LogP contribution in [0.3, 0.4) is 0 Å². The van der Waals surface area contributed by atoms with E-state index in [-0.39, 0.29) is 12.1 Å². The molecule has 0 amide bonds. The summed E-state index contributed by atoms with van der Waals surface area (Å²) in [5.41, 5.74) is 0. The Balaban J connectivity index is 3.30. The minimum Gasteiger partial charge on any atom is -0.481 e. The van der Waals surface area contributed by atoms with Crippen LogP contribution >= 0.6 is 0 Å². The Hall–Kier alpha value is -1.58. The van der Waals surface area contributed by atoms with Crippen LogP contribution in [0.25, 0.3) is 0 Å². The Kier molecular flexibility index (Phi) is 40.5. The van der Waals surface area contributed by atoms with E-state index in [1.54, 1.807) is 0 Å². The number of allylic oxidation sites excluding steroid dienone is 4. The highest BCUT2D eigenvalue weighted by atomic mass is 16.5. The van der Waals surface area contributed by atoms with Gasteiger partial charge in [0.25, 0.3) is 0 Å². The molecule has 0 radical (unpaired) electrons. The van der Waals surface area contributed by atoms with Gasteiger partial charge >= 0.3 is 11.9 Å². The molecule has 0 aliphatic heterocycles. The SMILES string of the molecule is CCCCC/C=C\C/C=C\CCCCCCCCCCCC(=O)OC(C)CCCCCCCCCCCCCCCCCCCCCC(=O)O. The van der Waals surface area contributed by atoms with Gasteiger partial charge in [-0.3, -0.25) is 9.59 Å². The number of esters is 1. The van der Waals surface area contributed by atoms with Crippen LogP contribution in [0.5, 0.6) is 0 Å². The standard InChI is InChI=1S/C46H86O4/c1-3-4-5-6-7-8-9-10-11-12-14-19-22-25-28-31-34-37-40-43-46(49)50-44(2)41-38-35-32-29-26-23-20-17-15-13-16-18-21-24-27-30-33-36-39-42-45(47)48/h7-8,10-11,44H,3-6,9,12-43H2,1-2H3,(H,47,48)/b8-7-,11-10-. The highest BCUT2D eigenvalue weighted by Gasteiger charge is 2.09. The van der Waals surface area contributed by atoms with Crippen LogP contribution in [-0.2, 0) is 14.3 Å². The summed E-state index contributed by atoms with van der Waals surface area (Å²) in [6.45, 7) is 4.33. The quantitative estimate of drug-likeness (QED) is 0.0391.